The number of alkyl halides is 3. The van der Waals surface area contributed by atoms with E-state index in [1.54, 1.807) is 18.5 Å². The van der Waals surface area contributed by atoms with Crippen LogP contribution in [-0.2, 0) is 10.6 Å². The van der Waals surface area contributed by atoms with Crippen LogP contribution in [0.1, 0.15) is 43.0 Å². The molecule has 2 heterocycles. The molecule has 3 rings (SSSR count). The van der Waals surface area contributed by atoms with Crippen molar-refractivity contribution in [1.29, 1.82) is 0 Å². The zero-order valence-corrected chi connectivity index (χ0v) is 13.5. The predicted octanol–water partition coefficient (Wildman–Crippen LogP) is 3.43. The second kappa shape index (κ2) is 6.51. The van der Waals surface area contributed by atoms with E-state index in [0.29, 0.717) is 17.2 Å². The second-order valence-corrected chi connectivity index (χ2v) is 6.28. The summed E-state index contributed by atoms with van der Waals surface area (Å²) >= 11 is 5.78. The van der Waals surface area contributed by atoms with Crippen molar-refractivity contribution in [2.45, 2.75) is 43.6 Å². The Kier molecular flexibility index (Phi) is 4.58. The van der Waals surface area contributed by atoms with E-state index in [9.17, 15) is 13.6 Å². The lowest BCUT2D eigenvalue weighted by Gasteiger charge is -2.32. The molecule has 2 aromatic heterocycles. The molecule has 1 fully saturated rings. The van der Waals surface area contributed by atoms with Crippen LogP contribution in [0.2, 0.25) is 0 Å². The number of fused-ring (bicyclic) bond motifs is 1. The Hall–Kier alpha value is -1.96. The van der Waals surface area contributed by atoms with Crippen LogP contribution in [0.3, 0.4) is 0 Å². The third kappa shape index (κ3) is 3.58. The fourth-order valence-electron chi connectivity index (χ4n) is 3.03. The number of halogens is 3. The smallest absolute Gasteiger partial charge is 0.405 e. The first-order chi connectivity index (χ1) is 11.4. The van der Waals surface area contributed by atoms with Crippen LogP contribution in [-0.4, -0.2) is 26.6 Å². The van der Waals surface area contributed by atoms with Crippen molar-refractivity contribution in [2.24, 2.45) is 11.7 Å². The summed E-state index contributed by atoms with van der Waals surface area (Å²) in [5, 5.41) is 4.18. The van der Waals surface area contributed by atoms with E-state index in [2.05, 4.69) is 10.1 Å². The first-order valence-corrected chi connectivity index (χ1v) is 8.15. The maximum atomic E-state index is 13.4. The Bertz CT molecular complexity index is 742. The van der Waals surface area contributed by atoms with E-state index in [1.165, 1.54) is 4.52 Å². The molecule has 0 saturated heterocycles. The van der Waals surface area contributed by atoms with Crippen LogP contribution in [0.25, 0.3) is 5.65 Å². The molecule has 1 aliphatic rings. The van der Waals surface area contributed by atoms with Gasteiger partial charge in [0.2, 0.25) is 5.92 Å². The van der Waals surface area contributed by atoms with Crippen LogP contribution in [0.4, 0.5) is 13.6 Å². The fourth-order valence-corrected chi connectivity index (χ4v) is 3.18. The second-order valence-electron chi connectivity index (χ2n) is 6.02. The number of hydrogen-bond acceptors (Lipinski definition) is 4. The highest BCUT2D eigenvalue weighted by molar-refractivity contribution is 6.17. The number of ether oxygens (including phenoxy) is 1. The third-order valence-corrected chi connectivity index (χ3v) is 4.58. The van der Waals surface area contributed by atoms with Crippen molar-refractivity contribution in [1.82, 2.24) is 14.6 Å². The highest BCUT2D eigenvalue weighted by Gasteiger charge is 2.40. The molecule has 1 aliphatic carbocycles. The maximum absolute atomic E-state index is 13.4. The van der Waals surface area contributed by atoms with Crippen molar-refractivity contribution in [3.05, 3.63) is 29.7 Å². The summed E-state index contributed by atoms with van der Waals surface area (Å²) in [4.78, 5) is 15.7. The summed E-state index contributed by atoms with van der Waals surface area (Å²) in [5.74, 6) is -2.62. The molecule has 0 unspecified atom stereocenters. The average Bonchev–Trinajstić information content (AvgIpc) is 2.95. The summed E-state index contributed by atoms with van der Waals surface area (Å²) < 4.78 is 33.5. The third-order valence-electron chi connectivity index (χ3n) is 4.27. The average molecular weight is 359 g/mol. The lowest BCUT2D eigenvalue weighted by Crippen LogP contribution is -2.30. The number of aromatic nitrogens is 3. The predicted molar refractivity (Wildman–Crippen MR) is 82.9 cm³/mol. The molecular formula is C15H17ClF2N4O2. The van der Waals surface area contributed by atoms with Crippen LogP contribution >= 0.6 is 11.6 Å². The number of primary amides is 1. The van der Waals surface area contributed by atoms with Gasteiger partial charge in [-0.15, -0.1) is 11.6 Å². The van der Waals surface area contributed by atoms with Gasteiger partial charge in [0.15, 0.2) is 5.65 Å². The van der Waals surface area contributed by atoms with Crippen LogP contribution in [0, 0.1) is 5.92 Å². The number of rotatable bonds is 4. The van der Waals surface area contributed by atoms with Gasteiger partial charge in [-0.3, -0.25) is 0 Å². The van der Waals surface area contributed by atoms with Gasteiger partial charge in [-0.2, -0.15) is 5.10 Å². The minimum Gasteiger partial charge on any atom is -0.440 e. The molecule has 1 saturated carbocycles. The summed E-state index contributed by atoms with van der Waals surface area (Å²) in [5.41, 5.74) is 6.94. The van der Waals surface area contributed by atoms with E-state index in [-0.39, 0.29) is 31.6 Å². The van der Waals surface area contributed by atoms with Gasteiger partial charge in [-0.25, -0.2) is 23.1 Å². The zero-order chi connectivity index (χ0) is 17.3. The standard InChI is InChI=1S/C15H17ClF2N4O2/c16-6-9-5-12-21-11(8-22(12)20-7-9)13(24-14(19)23)10-1-3-15(17,18)4-2-10/h5,7-8,10,13H,1-4,6H2,(H2,19,23)/t13-/m0/s1. The van der Waals surface area contributed by atoms with Gasteiger partial charge in [0.1, 0.15) is 11.8 Å². The highest BCUT2D eigenvalue weighted by Crippen LogP contribution is 2.42. The van der Waals surface area contributed by atoms with Crippen molar-refractivity contribution in [3.8, 4) is 0 Å². The van der Waals surface area contributed by atoms with E-state index in [1.807, 2.05) is 0 Å². The first kappa shape index (κ1) is 16.9. The summed E-state index contributed by atoms with van der Waals surface area (Å²) in [6, 6.07) is 1.76. The lowest BCUT2D eigenvalue weighted by atomic mass is 9.82. The molecule has 130 valence electrons. The maximum Gasteiger partial charge on any atom is 0.405 e. The summed E-state index contributed by atoms with van der Waals surface area (Å²) in [7, 11) is 0. The van der Waals surface area contributed by atoms with Gasteiger partial charge in [0.05, 0.1) is 12.4 Å². The number of imidazole rings is 1. The Morgan fingerprint density at radius 2 is 2.21 bits per heavy atom. The molecule has 9 heteroatoms. The number of amides is 1. The van der Waals surface area contributed by atoms with Gasteiger partial charge >= 0.3 is 6.09 Å². The van der Waals surface area contributed by atoms with Crippen LogP contribution in [0.5, 0.6) is 0 Å². The Morgan fingerprint density at radius 3 is 2.83 bits per heavy atom. The van der Waals surface area contributed by atoms with E-state index in [0.717, 1.165) is 5.56 Å². The molecule has 0 aromatic carbocycles. The quantitative estimate of drug-likeness (QED) is 0.849. The number of carbonyl (C=O) groups excluding carboxylic acids is 1. The molecular weight excluding hydrogens is 342 g/mol. The molecule has 24 heavy (non-hydrogen) atoms. The molecule has 2 N–H and O–H groups in total. The van der Waals surface area contributed by atoms with E-state index < -0.39 is 18.1 Å². The summed E-state index contributed by atoms with van der Waals surface area (Å²) in [6.45, 7) is 0. The molecule has 1 atom stereocenters. The number of carbonyl (C=O) groups is 1. The molecule has 0 bridgehead atoms. The van der Waals surface area contributed by atoms with Crippen molar-refractivity contribution >= 4 is 23.3 Å². The SMILES string of the molecule is NC(=O)O[C@H](c1cn2ncc(CCl)cc2n1)C1CCC(F)(F)CC1. The molecule has 6 nitrogen and oxygen atoms in total. The molecule has 1 amide bonds. The van der Waals surface area contributed by atoms with Crippen molar-refractivity contribution < 1.29 is 18.3 Å². The van der Waals surface area contributed by atoms with Crippen LogP contribution in [0.15, 0.2) is 18.5 Å². The van der Waals surface area contributed by atoms with Gasteiger partial charge in [0.25, 0.3) is 0 Å². The first-order valence-electron chi connectivity index (χ1n) is 7.62. The Morgan fingerprint density at radius 1 is 1.50 bits per heavy atom. The minimum atomic E-state index is -2.66. The lowest BCUT2D eigenvalue weighted by molar-refractivity contribution is -0.0642. The van der Waals surface area contributed by atoms with Crippen molar-refractivity contribution in [2.75, 3.05) is 0 Å². The number of nitrogens with zero attached hydrogens (tertiary/aromatic N) is 3. The summed E-state index contributed by atoms with van der Waals surface area (Å²) in [6.07, 6.45) is 1.50. The van der Waals surface area contributed by atoms with Gasteiger partial charge in [0, 0.05) is 24.6 Å². The molecule has 0 spiro atoms. The number of hydrogen-bond donors (Lipinski definition) is 1. The zero-order valence-electron chi connectivity index (χ0n) is 12.8. The minimum absolute atomic E-state index is 0.235. The Balaban J connectivity index is 1.89. The van der Waals surface area contributed by atoms with Crippen LogP contribution < -0.4 is 5.73 Å². The molecule has 2 aromatic rings. The van der Waals surface area contributed by atoms with E-state index >= 15 is 0 Å². The molecule has 0 aliphatic heterocycles. The monoisotopic (exact) mass is 358 g/mol. The largest absolute Gasteiger partial charge is 0.440 e. The normalized spacial score (nSPS) is 19.3. The highest BCUT2D eigenvalue weighted by atomic mass is 35.5. The fraction of sp³-hybridized carbons (Fsp3) is 0.533. The van der Waals surface area contributed by atoms with Gasteiger partial charge in [-0.1, -0.05) is 0 Å². The Labute approximate surface area is 141 Å². The van der Waals surface area contributed by atoms with Crippen molar-refractivity contribution in [3.63, 3.8) is 0 Å². The van der Waals surface area contributed by atoms with E-state index in [4.69, 9.17) is 22.1 Å². The van der Waals surface area contributed by atoms with Gasteiger partial charge < -0.3 is 10.5 Å². The van der Waals surface area contributed by atoms with Gasteiger partial charge in [-0.05, 0) is 24.5 Å². The number of nitrogens with two attached hydrogens (primary N) is 1. The molecule has 0 radical (unpaired) electrons. The topological polar surface area (TPSA) is 82.5 Å².